The highest BCUT2D eigenvalue weighted by Crippen LogP contribution is 2.12. The monoisotopic (exact) mass is 179 g/mol. The molecule has 0 aromatic carbocycles. The van der Waals surface area contributed by atoms with Crippen LogP contribution in [0.3, 0.4) is 0 Å². The molecule has 0 aromatic rings. The van der Waals surface area contributed by atoms with Gasteiger partial charge in [0.25, 0.3) is 0 Å². The molecule has 0 radical (unpaired) electrons. The first kappa shape index (κ1) is 8.48. The summed E-state index contributed by atoms with van der Waals surface area (Å²) in [6.45, 7) is 1.09. The minimum Gasteiger partial charge on any atom is -0.481 e. The first-order valence-corrected chi connectivity index (χ1v) is 4.83. The molecule has 0 amide bonds. The van der Waals surface area contributed by atoms with Crippen LogP contribution in [0.4, 0.5) is 0 Å². The van der Waals surface area contributed by atoms with Gasteiger partial charge in [0.05, 0.1) is 12.2 Å². The zero-order valence-corrected chi connectivity index (χ0v) is 6.67. The van der Waals surface area contributed by atoms with Gasteiger partial charge in [0.2, 0.25) is 10.0 Å². The van der Waals surface area contributed by atoms with E-state index in [2.05, 4.69) is 0 Å². The van der Waals surface area contributed by atoms with Crippen LogP contribution in [-0.4, -0.2) is 42.6 Å². The van der Waals surface area contributed by atoms with Crippen molar-refractivity contribution in [1.29, 1.82) is 0 Å². The Labute approximate surface area is 64.7 Å². The van der Waals surface area contributed by atoms with E-state index in [1.165, 1.54) is 4.31 Å². The lowest BCUT2D eigenvalue weighted by atomic mass is 10.5. The summed E-state index contributed by atoms with van der Waals surface area (Å²) in [4.78, 5) is 10.0. The number of carbonyl (C=O) groups is 1. The van der Waals surface area contributed by atoms with Gasteiger partial charge in [-0.05, 0) is 0 Å². The van der Waals surface area contributed by atoms with Gasteiger partial charge in [0.15, 0.2) is 0 Å². The number of carboxylic acids is 1. The number of carboxylic acid groups (broad SMARTS) is 1. The lowest BCUT2D eigenvalue weighted by Gasteiger charge is -1.99. The Balaban J connectivity index is 2.40. The molecule has 1 rings (SSSR count). The Morgan fingerprint density at radius 3 is 2.36 bits per heavy atom. The number of nitrogens with zero attached hydrogens (tertiary/aromatic N) is 1. The Morgan fingerprint density at radius 2 is 2.00 bits per heavy atom. The third kappa shape index (κ3) is 2.47. The van der Waals surface area contributed by atoms with E-state index in [4.69, 9.17) is 5.11 Å². The normalized spacial score (nSPS) is 18.2. The highest BCUT2D eigenvalue weighted by molar-refractivity contribution is 7.89. The summed E-state index contributed by atoms with van der Waals surface area (Å²) in [6.07, 6.45) is -0.307. The van der Waals surface area contributed by atoms with Crippen molar-refractivity contribution >= 4 is 16.0 Å². The third-order valence-corrected chi connectivity index (χ3v) is 3.25. The molecule has 0 atom stereocenters. The molecule has 1 N–H and O–H groups in total. The van der Waals surface area contributed by atoms with Crippen LogP contribution in [0.25, 0.3) is 0 Å². The van der Waals surface area contributed by atoms with E-state index < -0.39 is 16.0 Å². The van der Waals surface area contributed by atoms with E-state index in [0.29, 0.717) is 13.1 Å². The van der Waals surface area contributed by atoms with Gasteiger partial charge < -0.3 is 5.11 Å². The van der Waals surface area contributed by atoms with Crippen LogP contribution in [0, 0.1) is 0 Å². The van der Waals surface area contributed by atoms with Gasteiger partial charge in [-0.3, -0.25) is 4.79 Å². The van der Waals surface area contributed by atoms with Gasteiger partial charge >= 0.3 is 5.97 Å². The number of sulfonamides is 1. The van der Waals surface area contributed by atoms with Crippen LogP contribution in [-0.2, 0) is 14.8 Å². The molecule has 0 aromatic heterocycles. The summed E-state index contributed by atoms with van der Waals surface area (Å²) < 4.78 is 23.2. The predicted octanol–water partition coefficient (Wildman–Crippen LogP) is -0.893. The fraction of sp³-hybridized carbons (Fsp3) is 0.800. The van der Waals surface area contributed by atoms with Crippen LogP contribution in [0.15, 0.2) is 0 Å². The molecule has 0 aliphatic carbocycles. The Morgan fingerprint density at radius 1 is 1.45 bits per heavy atom. The van der Waals surface area contributed by atoms with Gasteiger partial charge in [-0.15, -0.1) is 0 Å². The second-order valence-corrected chi connectivity index (χ2v) is 4.45. The zero-order valence-electron chi connectivity index (χ0n) is 5.86. The number of aliphatic carboxylic acids is 1. The largest absolute Gasteiger partial charge is 0.481 e. The molecule has 5 nitrogen and oxygen atoms in total. The number of rotatable bonds is 4. The molecule has 6 heteroatoms. The van der Waals surface area contributed by atoms with E-state index in [0.717, 1.165) is 0 Å². The van der Waals surface area contributed by atoms with E-state index in [1.54, 1.807) is 0 Å². The van der Waals surface area contributed by atoms with E-state index in [9.17, 15) is 13.2 Å². The fourth-order valence-electron chi connectivity index (χ4n) is 0.664. The van der Waals surface area contributed by atoms with Crippen LogP contribution in [0.1, 0.15) is 6.42 Å². The standard InChI is InChI=1S/C5H9NO4S/c7-5(8)1-4-11(9,10)6-2-3-6/h1-4H2,(H,7,8). The van der Waals surface area contributed by atoms with Crippen LogP contribution < -0.4 is 0 Å². The lowest BCUT2D eigenvalue weighted by Crippen LogP contribution is -2.17. The lowest BCUT2D eigenvalue weighted by molar-refractivity contribution is -0.136. The first-order chi connectivity index (χ1) is 5.02. The molecule has 1 heterocycles. The van der Waals surface area contributed by atoms with E-state index >= 15 is 0 Å². The SMILES string of the molecule is O=C(O)CCS(=O)(=O)N1CC1. The van der Waals surface area contributed by atoms with Crippen LogP contribution in [0.5, 0.6) is 0 Å². The maximum atomic E-state index is 11.0. The number of hydrogen-bond acceptors (Lipinski definition) is 3. The van der Waals surface area contributed by atoms with Gasteiger partial charge in [0.1, 0.15) is 0 Å². The highest BCUT2D eigenvalue weighted by atomic mass is 32.2. The molecule has 11 heavy (non-hydrogen) atoms. The summed E-state index contributed by atoms with van der Waals surface area (Å²) in [6, 6.07) is 0. The van der Waals surface area contributed by atoms with E-state index in [1.807, 2.05) is 0 Å². The van der Waals surface area contributed by atoms with Crippen molar-refractivity contribution < 1.29 is 18.3 Å². The molecular weight excluding hydrogens is 170 g/mol. The quantitative estimate of drug-likeness (QED) is 0.568. The molecule has 0 spiro atoms. The average molecular weight is 179 g/mol. The summed E-state index contributed by atoms with van der Waals surface area (Å²) in [5.74, 6) is -1.35. The molecular formula is C5H9NO4S. The fourth-order valence-corrected chi connectivity index (χ4v) is 1.99. The minimum atomic E-state index is -3.23. The third-order valence-electron chi connectivity index (χ3n) is 1.37. The molecule has 1 aliphatic rings. The molecule has 1 saturated heterocycles. The zero-order chi connectivity index (χ0) is 8.48. The highest BCUT2D eigenvalue weighted by Gasteiger charge is 2.31. The van der Waals surface area contributed by atoms with Crippen molar-refractivity contribution in [3.63, 3.8) is 0 Å². The van der Waals surface area contributed by atoms with Gasteiger partial charge in [-0.2, -0.15) is 4.31 Å². The van der Waals surface area contributed by atoms with Crippen LogP contribution in [0.2, 0.25) is 0 Å². The molecule has 0 saturated carbocycles. The second kappa shape index (κ2) is 2.78. The summed E-state index contributed by atoms with van der Waals surface area (Å²) >= 11 is 0. The van der Waals surface area contributed by atoms with Crippen molar-refractivity contribution in [2.45, 2.75) is 6.42 Å². The molecule has 0 unspecified atom stereocenters. The Bertz CT molecular complexity index is 254. The number of hydrogen-bond donors (Lipinski definition) is 1. The van der Waals surface area contributed by atoms with Crippen LogP contribution >= 0.6 is 0 Å². The first-order valence-electron chi connectivity index (χ1n) is 3.22. The van der Waals surface area contributed by atoms with Crippen molar-refractivity contribution in [2.75, 3.05) is 18.8 Å². The molecule has 1 fully saturated rings. The van der Waals surface area contributed by atoms with Crippen molar-refractivity contribution in [3.8, 4) is 0 Å². The minimum absolute atomic E-state index is 0.275. The average Bonchev–Trinajstić information content (AvgIpc) is 2.64. The Hall–Kier alpha value is -0.620. The molecule has 1 aliphatic heterocycles. The summed E-state index contributed by atoms with van der Waals surface area (Å²) in [5.41, 5.74) is 0. The summed E-state index contributed by atoms with van der Waals surface area (Å²) in [7, 11) is -3.23. The van der Waals surface area contributed by atoms with Gasteiger partial charge in [-0.25, -0.2) is 8.42 Å². The maximum Gasteiger partial charge on any atom is 0.304 e. The van der Waals surface area contributed by atoms with Gasteiger partial charge in [0, 0.05) is 13.1 Å². The van der Waals surface area contributed by atoms with Crippen molar-refractivity contribution in [1.82, 2.24) is 4.31 Å². The molecule has 64 valence electrons. The van der Waals surface area contributed by atoms with E-state index in [-0.39, 0.29) is 12.2 Å². The van der Waals surface area contributed by atoms with Crippen molar-refractivity contribution in [2.24, 2.45) is 0 Å². The van der Waals surface area contributed by atoms with Gasteiger partial charge in [-0.1, -0.05) is 0 Å². The molecule has 0 bridgehead atoms. The second-order valence-electron chi connectivity index (χ2n) is 2.36. The summed E-state index contributed by atoms with van der Waals surface area (Å²) in [5, 5.41) is 8.20. The smallest absolute Gasteiger partial charge is 0.304 e. The topological polar surface area (TPSA) is 74.5 Å². The predicted molar refractivity (Wildman–Crippen MR) is 37.6 cm³/mol. The van der Waals surface area contributed by atoms with Crippen molar-refractivity contribution in [3.05, 3.63) is 0 Å². The Kier molecular flexibility index (Phi) is 2.15. The maximum absolute atomic E-state index is 11.0.